The molecule has 1 aliphatic rings. The number of halogens is 1. The molecule has 1 unspecified atom stereocenters. The van der Waals surface area contributed by atoms with Crippen LogP contribution in [0.4, 0.5) is 0 Å². The molecule has 1 aromatic carbocycles. The lowest BCUT2D eigenvalue weighted by Crippen LogP contribution is -2.43. The Labute approximate surface area is 176 Å². The molecule has 1 saturated heterocycles. The molecule has 2 heterocycles. The van der Waals surface area contributed by atoms with Gasteiger partial charge in [0.2, 0.25) is 17.6 Å². The van der Waals surface area contributed by atoms with E-state index in [2.05, 4.69) is 20.4 Å². The van der Waals surface area contributed by atoms with Gasteiger partial charge in [-0.3, -0.25) is 9.69 Å². The van der Waals surface area contributed by atoms with Gasteiger partial charge >= 0.3 is 0 Å². The van der Waals surface area contributed by atoms with E-state index < -0.39 is 0 Å². The van der Waals surface area contributed by atoms with Crippen LogP contribution < -0.4 is 5.32 Å². The van der Waals surface area contributed by atoms with Crippen LogP contribution in [0.3, 0.4) is 0 Å². The SMILES string of the molecule is CC(C)OCCCNC(=O)C1CCCN(Cc2nc(-c3cccc(Cl)c3)no2)C1. The number of carbonyl (C=O) groups excluding carboxylic acids is 1. The standard InChI is InChI=1S/C21H29ClN4O3/c1-15(2)28-11-5-9-23-21(27)17-7-4-10-26(13-17)14-19-24-20(25-29-19)16-6-3-8-18(22)12-16/h3,6,8,12,15,17H,4-5,7,9-11,13-14H2,1-2H3,(H,23,27). The monoisotopic (exact) mass is 420 g/mol. The summed E-state index contributed by atoms with van der Waals surface area (Å²) < 4.78 is 10.9. The van der Waals surface area contributed by atoms with Crippen molar-refractivity contribution in [3.05, 3.63) is 35.2 Å². The van der Waals surface area contributed by atoms with Crippen molar-refractivity contribution in [1.29, 1.82) is 0 Å². The second-order valence-corrected chi connectivity index (χ2v) is 8.10. The molecule has 0 bridgehead atoms. The van der Waals surface area contributed by atoms with Crippen molar-refractivity contribution in [3.8, 4) is 11.4 Å². The van der Waals surface area contributed by atoms with E-state index in [0.29, 0.717) is 43.0 Å². The molecule has 2 aromatic rings. The van der Waals surface area contributed by atoms with E-state index in [4.69, 9.17) is 20.9 Å². The molecule has 0 saturated carbocycles. The van der Waals surface area contributed by atoms with E-state index in [0.717, 1.165) is 31.4 Å². The number of nitrogens with zero attached hydrogens (tertiary/aromatic N) is 3. The van der Waals surface area contributed by atoms with E-state index >= 15 is 0 Å². The molecule has 158 valence electrons. The third kappa shape index (κ3) is 6.80. The van der Waals surface area contributed by atoms with Gasteiger partial charge in [0.05, 0.1) is 18.6 Å². The number of hydrogen-bond donors (Lipinski definition) is 1. The summed E-state index contributed by atoms with van der Waals surface area (Å²) in [7, 11) is 0. The minimum Gasteiger partial charge on any atom is -0.379 e. The molecule has 0 spiro atoms. The Balaban J connectivity index is 1.47. The molecule has 1 aromatic heterocycles. The van der Waals surface area contributed by atoms with E-state index in [-0.39, 0.29) is 17.9 Å². The topological polar surface area (TPSA) is 80.5 Å². The smallest absolute Gasteiger partial charge is 0.241 e. The summed E-state index contributed by atoms with van der Waals surface area (Å²) in [5.74, 6) is 1.18. The van der Waals surface area contributed by atoms with E-state index in [1.54, 1.807) is 0 Å². The lowest BCUT2D eigenvalue weighted by atomic mass is 9.97. The van der Waals surface area contributed by atoms with Gasteiger partial charge in [-0.05, 0) is 51.8 Å². The zero-order chi connectivity index (χ0) is 20.6. The third-order valence-corrected chi connectivity index (χ3v) is 5.09. The van der Waals surface area contributed by atoms with Gasteiger partial charge in [0.15, 0.2) is 0 Å². The molecule has 1 atom stereocenters. The minimum absolute atomic E-state index is 0.00918. The highest BCUT2D eigenvalue weighted by Crippen LogP contribution is 2.22. The van der Waals surface area contributed by atoms with E-state index in [1.165, 1.54) is 0 Å². The number of benzene rings is 1. The van der Waals surface area contributed by atoms with Crippen LogP contribution in [-0.4, -0.2) is 53.3 Å². The summed E-state index contributed by atoms with van der Waals surface area (Å²) in [4.78, 5) is 19.1. The maximum atomic E-state index is 12.5. The molecule has 1 amide bonds. The normalized spacial score (nSPS) is 17.6. The first-order valence-corrected chi connectivity index (χ1v) is 10.6. The van der Waals surface area contributed by atoms with Crippen molar-refractivity contribution in [2.75, 3.05) is 26.2 Å². The van der Waals surface area contributed by atoms with Gasteiger partial charge in [0, 0.05) is 30.3 Å². The number of rotatable bonds is 9. The van der Waals surface area contributed by atoms with Crippen LogP contribution in [0.25, 0.3) is 11.4 Å². The Morgan fingerprint density at radius 3 is 3.10 bits per heavy atom. The molecule has 3 rings (SSSR count). The van der Waals surface area contributed by atoms with Crippen molar-refractivity contribution in [2.24, 2.45) is 5.92 Å². The highest BCUT2D eigenvalue weighted by molar-refractivity contribution is 6.30. The second kappa shape index (κ2) is 10.7. The summed E-state index contributed by atoms with van der Waals surface area (Å²) >= 11 is 6.03. The third-order valence-electron chi connectivity index (χ3n) is 4.86. The first-order valence-electron chi connectivity index (χ1n) is 10.2. The van der Waals surface area contributed by atoms with Crippen molar-refractivity contribution < 1.29 is 14.1 Å². The van der Waals surface area contributed by atoms with Crippen molar-refractivity contribution in [1.82, 2.24) is 20.4 Å². The summed E-state index contributed by atoms with van der Waals surface area (Å²) in [6.07, 6.45) is 2.93. The number of carbonyl (C=O) groups is 1. The predicted molar refractivity (Wildman–Crippen MR) is 111 cm³/mol. The Kier molecular flexibility index (Phi) is 8.03. The quantitative estimate of drug-likeness (QED) is 0.625. The summed E-state index contributed by atoms with van der Waals surface area (Å²) in [5.41, 5.74) is 0.824. The number of nitrogens with one attached hydrogen (secondary N) is 1. The maximum absolute atomic E-state index is 12.5. The Morgan fingerprint density at radius 1 is 1.45 bits per heavy atom. The van der Waals surface area contributed by atoms with Gasteiger partial charge < -0.3 is 14.6 Å². The number of piperidine rings is 1. The van der Waals surface area contributed by atoms with Crippen molar-refractivity contribution in [2.45, 2.75) is 45.8 Å². The number of ether oxygens (including phenoxy) is 1. The van der Waals surface area contributed by atoms with Crippen LogP contribution in [0.2, 0.25) is 5.02 Å². The van der Waals surface area contributed by atoms with Gasteiger partial charge in [-0.2, -0.15) is 4.98 Å². The molecule has 29 heavy (non-hydrogen) atoms. The number of likely N-dealkylation sites (tertiary alicyclic amines) is 1. The van der Waals surface area contributed by atoms with Crippen molar-refractivity contribution >= 4 is 17.5 Å². The van der Waals surface area contributed by atoms with Gasteiger partial charge in [0.1, 0.15) is 0 Å². The van der Waals surface area contributed by atoms with Gasteiger partial charge in [-0.15, -0.1) is 0 Å². The summed E-state index contributed by atoms with van der Waals surface area (Å²) in [6, 6.07) is 7.37. The Hall–Kier alpha value is -1.96. The van der Waals surface area contributed by atoms with Gasteiger partial charge in [-0.1, -0.05) is 28.9 Å². The highest BCUT2D eigenvalue weighted by atomic mass is 35.5. The van der Waals surface area contributed by atoms with Gasteiger partial charge in [0.25, 0.3) is 0 Å². The number of amides is 1. The number of aromatic nitrogens is 2. The van der Waals surface area contributed by atoms with E-state index in [1.807, 2.05) is 38.1 Å². The molecule has 8 heteroatoms. The molecule has 1 fully saturated rings. The fourth-order valence-corrected chi connectivity index (χ4v) is 3.61. The second-order valence-electron chi connectivity index (χ2n) is 7.66. The van der Waals surface area contributed by atoms with Gasteiger partial charge in [-0.25, -0.2) is 0 Å². The summed E-state index contributed by atoms with van der Waals surface area (Å²) in [6.45, 7) is 7.49. The van der Waals surface area contributed by atoms with Crippen LogP contribution in [0, 0.1) is 5.92 Å². The molecule has 0 aliphatic carbocycles. The predicted octanol–water partition coefficient (Wildman–Crippen LogP) is 3.53. The molecule has 1 aliphatic heterocycles. The zero-order valence-corrected chi connectivity index (χ0v) is 17.8. The summed E-state index contributed by atoms with van der Waals surface area (Å²) in [5, 5.41) is 7.72. The zero-order valence-electron chi connectivity index (χ0n) is 17.1. The molecule has 7 nitrogen and oxygen atoms in total. The first-order chi connectivity index (χ1) is 14.0. The largest absolute Gasteiger partial charge is 0.379 e. The average Bonchev–Trinajstić information content (AvgIpc) is 3.16. The van der Waals surface area contributed by atoms with Crippen LogP contribution in [0.5, 0.6) is 0 Å². The highest BCUT2D eigenvalue weighted by Gasteiger charge is 2.26. The molecular weight excluding hydrogens is 392 g/mol. The number of hydrogen-bond acceptors (Lipinski definition) is 6. The van der Waals surface area contributed by atoms with E-state index in [9.17, 15) is 4.79 Å². The minimum atomic E-state index is -0.00918. The lowest BCUT2D eigenvalue weighted by Gasteiger charge is -2.30. The van der Waals surface area contributed by atoms with Crippen LogP contribution in [0.15, 0.2) is 28.8 Å². The van der Waals surface area contributed by atoms with Crippen molar-refractivity contribution in [3.63, 3.8) is 0 Å². The fraction of sp³-hybridized carbons (Fsp3) is 0.571. The van der Waals surface area contributed by atoms with Crippen LogP contribution in [-0.2, 0) is 16.1 Å². The average molecular weight is 421 g/mol. The lowest BCUT2D eigenvalue weighted by molar-refractivity contribution is -0.126. The molecule has 1 N–H and O–H groups in total. The molecular formula is C21H29ClN4O3. The first kappa shape index (κ1) is 21.7. The molecule has 0 radical (unpaired) electrons. The van der Waals surface area contributed by atoms with Crippen LogP contribution >= 0.6 is 11.6 Å². The Morgan fingerprint density at radius 2 is 2.31 bits per heavy atom. The van der Waals surface area contributed by atoms with Crippen LogP contribution in [0.1, 0.15) is 39.0 Å². The maximum Gasteiger partial charge on any atom is 0.241 e. The fourth-order valence-electron chi connectivity index (χ4n) is 3.42. The Bertz CT molecular complexity index is 796.